The van der Waals surface area contributed by atoms with Gasteiger partial charge in [0.05, 0.1) is 18.7 Å². The van der Waals surface area contributed by atoms with E-state index in [-0.39, 0.29) is 11.7 Å². The van der Waals surface area contributed by atoms with E-state index in [1.165, 1.54) is 31.4 Å². The van der Waals surface area contributed by atoms with Gasteiger partial charge in [0.1, 0.15) is 0 Å². The van der Waals surface area contributed by atoms with Gasteiger partial charge in [-0.1, -0.05) is 6.07 Å². The van der Waals surface area contributed by atoms with Crippen LogP contribution < -0.4 is 10.1 Å². The quantitative estimate of drug-likeness (QED) is 0.880. The second-order valence-corrected chi connectivity index (χ2v) is 4.41. The third kappa shape index (κ3) is 3.93. The van der Waals surface area contributed by atoms with Crippen LogP contribution in [0.25, 0.3) is 6.08 Å². The molecule has 0 bridgehead atoms. The molecule has 4 nitrogen and oxygen atoms in total. The van der Waals surface area contributed by atoms with Gasteiger partial charge in [-0.15, -0.1) is 0 Å². The normalized spacial score (nSPS) is 10.2. The number of nitrogens with zero attached hydrogens (tertiary/aromatic N) is 1. The molecule has 0 radical (unpaired) electrons. The molecular formula is C17H13FN2O2. The largest absolute Gasteiger partial charge is 0.494 e. The van der Waals surface area contributed by atoms with Gasteiger partial charge < -0.3 is 10.1 Å². The van der Waals surface area contributed by atoms with Gasteiger partial charge in [0.15, 0.2) is 11.6 Å². The first-order valence-electron chi connectivity index (χ1n) is 6.45. The highest BCUT2D eigenvalue weighted by Gasteiger charge is 2.02. The first-order chi connectivity index (χ1) is 10.6. The topological polar surface area (TPSA) is 62.1 Å². The Bertz CT molecular complexity index is 746. The summed E-state index contributed by atoms with van der Waals surface area (Å²) in [6, 6.07) is 12.9. The SMILES string of the molecule is COc1ccc(/C=C/C(=O)Nc2ccc(C#N)cc2)cc1F. The van der Waals surface area contributed by atoms with E-state index >= 15 is 0 Å². The van der Waals surface area contributed by atoms with Crippen LogP contribution in [0.1, 0.15) is 11.1 Å². The molecule has 0 saturated carbocycles. The Kier molecular flexibility index (Phi) is 4.89. The van der Waals surface area contributed by atoms with Crippen LogP contribution in [0, 0.1) is 17.1 Å². The molecule has 0 saturated heterocycles. The van der Waals surface area contributed by atoms with Crippen molar-refractivity contribution in [2.75, 3.05) is 12.4 Å². The second kappa shape index (κ2) is 7.04. The van der Waals surface area contributed by atoms with Crippen molar-refractivity contribution in [2.24, 2.45) is 0 Å². The van der Waals surface area contributed by atoms with Crippen molar-refractivity contribution in [3.8, 4) is 11.8 Å². The molecule has 110 valence electrons. The van der Waals surface area contributed by atoms with Crippen molar-refractivity contribution in [3.05, 3.63) is 65.5 Å². The molecule has 0 spiro atoms. The van der Waals surface area contributed by atoms with Crippen molar-refractivity contribution in [1.29, 1.82) is 5.26 Å². The maximum absolute atomic E-state index is 13.5. The summed E-state index contributed by atoms with van der Waals surface area (Å²) in [6.07, 6.45) is 2.81. The molecule has 22 heavy (non-hydrogen) atoms. The third-order valence-electron chi connectivity index (χ3n) is 2.88. The summed E-state index contributed by atoms with van der Waals surface area (Å²) in [7, 11) is 1.39. The highest BCUT2D eigenvalue weighted by Crippen LogP contribution is 2.18. The van der Waals surface area contributed by atoms with Gasteiger partial charge in [-0.05, 0) is 48.0 Å². The minimum Gasteiger partial charge on any atom is -0.494 e. The second-order valence-electron chi connectivity index (χ2n) is 4.41. The van der Waals surface area contributed by atoms with Gasteiger partial charge in [0.25, 0.3) is 0 Å². The zero-order valence-corrected chi connectivity index (χ0v) is 11.8. The molecule has 0 fully saturated rings. The summed E-state index contributed by atoms with van der Waals surface area (Å²) >= 11 is 0. The first kappa shape index (κ1) is 15.3. The number of nitrogens with one attached hydrogen (secondary N) is 1. The van der Waals surface area contributed by atoms with Crippen molar-refractivity contribution in [3.63, 3.8) is 0 Å². The van der Waals surface area contributed by atoms with Crippen molar-refractivity contribution in [1.82, 2.24) is 0 Å². The van der Waals surface area contributed by atoms with Crippen molar-refractivity contribution < 1.29 is 13.9 Å². The summed E-state index contributed by atoms with van der Waals surface area (Å²) in [6.45, 7) is 0. The van der Waals surface area contributed by atoms with Gasteiger partial charge >= 0.3 is 0 Å². The maximum atomic E-state index is 13.5. The first-order valence-corrected chi connectivity index (χ1v) is 6.45. The van der Waals surface area contributed by atoms with E-state index in [2.05, 4.69) is 5.32 Å². The van der Waals surface area contributed by atoms with Crippen LogP contribution in [0.15, 0.2) is 48.5 Å². The zero-order valence-electron chi connectivity index (χ0n) is 11.8. The Morgan fingerprint density at radius 3 is 2.59 bits per heavy atom. The standard InChI is InChI=1S/C17H13FN2O2/c1-22-16-8-4-12(10-15(16)18)5-9-17(21)20-14-6-2-13(11-19)3-7-14/h2-10H,1H3,(H,20,21)/b9-5+. The lowest BCUT2D eigenvalue weighted by molar-refractivity contribution is -0.111. The Hall–Kier alpha value is -3.13. The molecule has 2 aromatic rings. The summed E-state index contributed by atoms with van der Waals surface area (Å²) in [5.41, 5.74) is 1.64. The van der Waals surface area contributed by atoms with E-state index in [9.17, 15) is 9.18 Å². The minimum absolute atomic E-state index is 0.152. The zero-order chi connectivity index (χ0) is 15.9. The predicted molar refractivity (Wildman–Crippen MR) is 81.8 cm³/mol. The fourth-order valence-corrected chi connectivity index (χ4v) is 1.77. The maximum Gasteiger partial charge on any atom is 0.248 e. The lowest BCUT2D eigenvalue weighted by Crippen LogP contribution is -2.07. The highest BCUT2D eigenvalue weighted by atomic mass is 19.1. The van der Waals surface area contributed by atoms with E-state index in [1.807, 2.05) is 6.07 Å². The number of amides is 1. The number of carbonyl (C=O) groups is 1. The summed E-state index contributed by atoms with van der Waals surface area (Å²) in [4.78, 5) is 11.8. The lowest BCUT2D eigenvalue weighted by atomic mass is 10.2. The molecular weight excluding hydrogens is 283 g/mol. The van der Waals surface area contributed by atoms with Gasteiger partial charge in [0, 0.05) is 11.8 Å². The van der Waals surface area contributed by atoms with Crippen molar-refractivity contribution >= 4 is 17.7 Å². The van der Waals surface area contributed by atoms with Crippen LogP contribution in [0.4, 0.5) is 10.1 Å². The number of hydrogen-bond donors (Lipinski definition) is 1. The Balaban J connectivity index is 2.01. The van der Waals surface area contributed by atoms with Crippen LogP contribution in [0.3, 0.4) is 0 Å². The molecule has 0 unspecified atom stereocenters. The van der Waals surface area contributed by atoms with Crippen LogP contribution >= 0.6 is 0 Å². The van der Waals surface area contributed by atoms with Crippen LogP contribution in [-0.2, 0) is 4.79 Å². The number of carbonyl (C=O) groups excluding carboxylic acids is 1. The van der Waals surface area contributed by atoms with Crippen molar-refractivity contribution in [2.45, 2.75) is 0 Å². The smallest absolute Gasteiger partial charge is 0.248 e. The molecule has 5 heteroatoms. The number of methoxy groups -OCH3 is 1. The van der Waals surface area contributed by atoms with Crippen LogP contribution in [-0.4, -0.2) is 13.0 Å². The summed E-state index contributed by atoms with van der Waals surface area (Å²) in [5.74, 6) is -0.683. The van der Waals surface area contributed by atoms with E-state index in [4.69, 9.17) is 10.00 Å². The number of ether oxygens (including phenoxy) is 1. The average Bonchev–Trinajstić information content (AvgIpc) is 2.54. The molecule has 1 N–H and O–H groups in total. The fraction of sp³-hybridized carbons (Fsp3) is 0.0588. The lowest BCUT2D eigenvalue weighted by Gasteiger charge is -2.03. The van der Waals surface area contributed by atoms with Gasteiger partial charge in [0.2, 0.25) is 5.91 Å². The monoisotopic (exact) mass is 296 g/mol. The Morgan fingerprint density at radius 1 is 1.27 bits per heavy atom. The molecule has 1 amide bonds. The summed E-state index contributed by atoms with van der Waals surface area (Å²) in [5, 5.41) is 11.3. The molecule has 0 atom stereocenters. The van der Waals surface area contributed by atoms with E-state index in [1.54, 1.807) is 30.3 Å². The van der Waals surface area contributed by atoms with Gasteiger partial charge in [-0.25, -0.2) is 4.39 Å². The molecule has 2 aromatic carbocycles. The van der Waals surface area contributed by atoms with E-state index < -0.39 is 5.82 Å². The van der Waals surface area contributed by atoms with Gasteiger partial charge in [-0.3, -0.25) is 4.79 Å². The average molecular weight is 296 g/mol. The Labute approximate surface area is 127 Å². The molecule has 2 rings (SSSR count). The number of anilines is 1. The van der Waals surface area contributed by atoms with Crippen LogP contribution in [0.5, 0.6) is 5.75 Å². The number of hydrogen-bond acceptors (Lipinski definition) is 3. The number of halogens is 1. The van der Waals surface area contributed by atoms with E-state index in [0.717, 1.165) is 0 Å². The third-order valence-corrected chi connectivity index (χ3v) is 2.88. The van der Waals surface area contributed by atoms with Gasteiger partial charge in [-0.2, -0.15) is 5.26 Å². The number of nitriles is 1. The minimum atomic E-state index is -0.489. The van der Waals surface area contributed by atoms with Crippen LogP contribution in [0.2, 0.25) is 0 Å². The molecule has 0 aliphatic carbocycles. The molecule has 0 heterocycles. The molecule has 0 aliphatic rings. The highest BCUT2D eigenvalue weighted by molar-refractivity contribution is 6.01. The fourth-order valence-electron chi connectivity index (χ4n) is 1.77. The number of rotatable bonds is 4. The van der Waals surface area contributed by atoms with E-state index in [0.29, 0.717) is 16.8 Å². The molecule has 0 aromatic heterocycles. The molecule has 0 aliphatic heterocycles. The summed E-state index contributed by atoms with van der Waals surface area (Å²) < 4.78 is 18.3. The Morgan fingerprint density at radius 2 is 2.00 bits per heavy atom. The number of benzene rings is 2. The predicted octanol–water partition coefficient (Wildman–Crippen LogP) is 3.36.